The molecule has 0 saturated carbocycles. The first-order valence-electron chi connectivity index (χ1n) is 8.44. The maximum atomic E-state index is 13.0. The molecule has 1 N–H and O–H groups in total. The van der Waals surface area contributed by atoms with Gasteiger partial charge in [0.1, 0.15) is 6.04 Å². The standard InChI is InChI=1S/C20H22Cl2N2O2/c1-3-18(20(26)23-2)24(13-14-7-9-16(21)10-8-14)19(25)12-15-5-4-6-17(22)11-15/h4-11,18H,3,12-13H2,1-2H3,(H,23,26)/t18-/m1/s1. The molecular formula is C20H22Cl2N2O2. The number of carbonyl (C=O) groups is 2. The van der Waals surface area contributed by atoms with Crippen molar-refractivity contribution in [2.24, 2.45) is 0 Å². The topological polar surface area (TPSA) is 49.4 Å². The van der Waals surface area contributed by atoms with E-state index < -0.39 is 6.04 Å². The van der Waals surface area contributed by atoms with E-state index in [0.29, 0.717) is 23.0 Å². The Hall–Kier alpha value is -2.04. The zero-order chi connectivity index (χ0) is 19.1. The molecule has 0 heterocycles. The molecular weight excluding hydrogens is 371 g/mol. The molecule has 0 aromatic heterocycles. The number of likely N-dealkylation sites (N-methyl/N-ethyl adjacent to an activating group) is 1. The highest BCUT2D eigenvalue weighted by atomic mass is 35.5. The molecule has 0 saturated heterocycles. The maximum absolute atomic E-state index is 13.0. The number of rotatable bonds is 7. The van der Waals surface area contributed by atoms with Gasteiger partial charge in [-0.3, -0.25) is 9.59 Å². The fraction of sp³-hybridized carbons (Fsp3) is 0.300. The lowest BCUT2D eigenvalue weighted by atomic mass is 10.1. The summed E-state index contributed by atoms with van der Waals surface area (Å²) in [6, 6.07) is 13.9. The third-order valence-electron chi connectivity index (χ3n) is 4.14. The Morgan fingerprint density at radius 1 is 1.04 bits per heavy atom. The normalized spacial score (nSPS) is 11.7. The van der Waals surface area contributed by atoms with Gasteiger partial charge in [-0.15, -0.1) is 0 Å². The van der Waals surface area contributed by atoms with Crippen LogP contribution in [0.2, 0.25) is 10.0 Å². The van der Waals surface area contributed by atoms with Crippen LogP contribution in [-0.2, 0) is 22.6 Å². The van der Waals surface area contributed by atoms with Crippen molar-refractivity contribution in [2.75, 3.05) is 7.05 Å². The number of benzene rings is 2. The van der Waals surface area contributed by atoms with E-state index in [9.17, 15) is 9.59 Å². The fourth-order valence-electron chi connectivity index (χ4n) is 2.80. The number of nitrogens with zero attached hydrogens (tertiary/aromatic N) is 1. The van der Waals surface area contributed by atoms with E-state index in [1.807, 2.05) is 31.2 Å². The van der Waals surface area contributed by atoms with Gasteiger partial charge in [-0.05, 0) is 41.8 Å². The predicted molar refractivity (Wildman–Crippen MR) is 105 cm³/mol. The van der Waals surface area contributed by atoms with Crippen LogP contribution in [0.25, 0.3) is 0 Å². The number of amides is 2. The van der Waals surface area contributed by atoms with Gasteiger partial charge in [-0.25, -0.2) is 0 Å². The van der Waals surface area contributed by atoms with Crippen molar-refractivity contribution in [3.05, 3.63) is 69.7 Å². The molecule has 1 atom stereocenters. The Morgan fingerprint density at radius 3 is 2.31 bits per heavy atom. The summed E-state index contributed by atoms with van der Waals surface area (Å²) in [4.78, 5) is 26.9. The second-order valence-corrected chi connectivity index (χ2v) is 6.87. The minimum absolute atomic E-state index is 0.127. The zero-order valence-electron chi connectivity index (χ0n) is 14.8. The van der Waals surface area contributed by atoms with Crippen LogP contribution in [0.1, 0.15) is 24.5 Å². The molecule has 138 valence electrons. The minimum atomic E-state index is -0.539. The van der Waals surface area contributed by atoms with Crippen molar-refractivity contribution in [1.82, 2.24) is 10.2 Å². The average Bonchev–Trinajstić information content (AvgIpc) is 2.62. The van der Waals surface area contributed by atoms with Gasteiger partial charge in [0.15, 0.2) is 0 Å². The predicted octanol–water partition coefficient (Wildman–Crippen LogP) is 4.09. The van der Waals surface area contributed by atoms with Crippen LogP contribution in [-0.4, -0.2) is 29.8 Å². The average molecular weight is 393 g/mol. The monoisotopic (exact) mass is 392 g/mol. The summed E-state index contributed by atoms with van der Waals surface area (Å²) < 4.78 is 0. The zero-order valence-corrected chi connectivity index (χ0v) is 16.3. The number of hydrogen-bond acceptors (Lipinski definition) is 2. The van der Waals surface area contributed by atoms with Gasteiger partial charge in [-0.2, -0.15) is 0 Å². The molecule has 2 amide bonds. The van der Waals surface area contributed by atoms with Crippen molar-refractivity contribution in [3.63, 3.8) is 0 Å². The van der Waals surface area contributed by atoms with Gasteiger partial charge in [0.2, 0.25) is 11.8 Å². The maximum Gasteiger partial charge on any atom is 0.242 e. The van der Waals surface area contributed by atoms with Gasteiger partial charge in [0.25, 0.3) is 0 Å². The third kappa shape index (κ3) is 5.48. The van der Waals surface area contributed by atoms with Crippen LogP contribution in [0, 0.1) is 0 Å². The lowest BCUT2D eigenvalue weighted by Gasteiger charge is -2.30. The van der Waals surface area contributed by atoms with E-state index in [-0.39, 0.29) is 18.2 Å². The molecule has 0 aliphatic heterocycles. The number of halogens is 2. The fourth-order valence-corrected chi connectivity index (χ4v) is 3.13. The molecule has 2 aromatic carbocycles. The van der Waals surface area contributed by atoms with Crippen LogP contribution in [0.15, 0.2) is 48.5 Å². The second kappa shape index (κ2) is 9.60. The summed E-state index contributed by atoms with van der Waals surface area (Å²) in [5.74, 6) is -0.307. The molecule has 2 aromatic rings. The van der Waals surface area contributed by atoms with E-state index in [4.69, 9.17) is 23.2 Å². The summed E-state index contributed by atoms with van der Waals surface area (Å²) in [5.41, 5.74) is 1.73. The lowest BCUT2D eigenvalue weighted by Crippen LogP contribution is -2.48. The summed E-state index contributed by atoms with van der Waals surface area (Å²) >= 11 is 12.0. The molecule has 26 heavy (non-hydrogen) atoms. The molecule has 4 nitrogen and oxygen atoms in total. The van der Waals surface area contributed by atoms with Crippen molar-refractivity contribution in [3.8, 4) is 0 Å². The smallest absolute Gasteiger partial charge is 0.242 e. The SMILES string of the molecule is CC[C@H](C(=O)NC)N(Cc1ccc(Cl)cc1)C(=O)Cc1cccc(Cl)c1. The van der Waals surface area contributed by atoms with Crippen LogP contribution in [0.5, 0.6) is 0 Å². The van der Waals surface area contributed by atoms with Gasteiger partial charge in [0, 0.05) is 23.6 Å². The Balaban J connectivity index is 2.27. The largest absolute Gasteiger partial charge is 0.357 e. The molecule has 0 bridgehead atoms. The Morgan fingerprint density at radius 2 is 1.73 bits per heavy atom. The third-order valence-corrected chi connectivity index (χ3v) is 4.63. The molecule has 0 aliphatic rings. The van der Waals surface area contributed by atoms with Crippen molar-refractivity contribution >= 4 is 35.0 Å². The van der Waals surface area contributed by atoms with Gasteiger partial charge < -0.3 is 10.2 Å². The highest BCUT2D eigenvalue weighted by molar-refractivity contribution is 6.30. The molecule has 0 unspecified atom stereocenters. The molecule has 6 heteroatoms. The summed E-state index contributed by atoms with van der Waals surface area (Å²) in [6.45, 7) is 2.23. The van der Waals surface area contributed by atoms with Crippen molar-refractivity contribution < 1.29 is 9.59 Å². The summed E-state index contributed by atoms with van der Waals surface area (Å²) in [5, 5.41) is 3.85. The van der Waals surface area contributed by atoms with E-state index in [0.717, 1.165) is 11.1 Å². The van der Waals surface area contributed by atoms with Gasteiger partial charge in [0.05, 0.1) is 6.42 Å². The Labute approximate surface area is 164 Å². The second-order valence-electron chi connectivity index (χ2n) is 5.99. The van der Waals surface area contributed by atoms with Gasteiger partial charge >= 0.3 is 0 Å². The van der Waals surface area contributed by atoms with Crippen LogP contribution < -0.4 is 5.32 Å². The first-order chi connectivity index (χ1) is 12.4. The van der Waals surface area contributed by atoms with Crippen LogP contribution >= 0.6 is 23.2 Å². The Kier molecular flexibility index (Phi) is 7.49. The molecule has 0 radical (unpaired) electrons. The first-order valence-corrected chi connectivity index (χ1v) is 9.20. The van der Waals surface area contributed by atoms with Crippen molar-refractivity contribution in [2.45, 2.75) is 32.4 Å². The summed E-state index contributed by atoms with van der Waals surface area (Å²) in [7, 11) is 1.58. The number of carbonyl (C=O) groups excluding carboxylic acids is 2. The van der Waals surface area contributed by atoms with Crippen LogP contribution in [0.4, 0.5) is 0 Å². The Bertz CT molecular complexity index is 763. The highest BCUT2D eigenvalue weighted by Gasteiger charge is 2.27. The minimum Gasteiger partial charge on any atom is -0.357 e. The molecule has 2 rings (SSSR count). The van der Waals surface area contributed by atoms with Crippen molar-refractivity contribution in [1.29, 1.82) is 0 Å². The molecule has 0 spiro atoms. The lowest BCUT2D eigenvalue weighted by molar-refractivity contribution is -0.140. The van der Waals surface area contributed by atoms with Crippen LogP contribution in [0.3, 0.4) is 0 Å². The number of hydrogen-bond donors (Lipinski definition) is 1. The van der Waals surface area contributed by atoms with Gasteiger partial charge in [-0.1, -0.05) is 54.4 Å². The van der Waals surface area contributed by atoms with E-state index in [1.54, 1.807) is 36.2 Å². The van der Waals surface area contributed by atoms with E-state index in [2.05, 4.69) is 5.32 Å². The molecule has 0 aliphatic carbocycles. The van der Waals surface area contributed by atoms with E-state index in [1.165, 1.54) is 0 Å². The quantitative estimate of drug-likeness (QED) is 0.771. The summed E-state index contributed by atoms with van der Waals surface area (Å²) in [6.07, 6.45) is 0.705. The first kappa shape index (κ1) is 20.3. The highest BCUT2D eigenvalue weighted by Crippen LogP contribution is 2.18. The molecule has 0 fully saturated rings. The number of nitrogens with one attached hydrogen (secondary N) is 1. The van der Waals surface area contributed by atoms with E-state index >= 15 is 0 Å².